The van der Waals surface area contributed by atoms with Crippen molar-refractivity contribution >= 4 is 22.0 Å². The average Bonchev–Trinajstić information content (AvgIpc) is 2.45. The summed E-state index contributed by atoms with van der Waals surface area (Å²) in [5.74, 6) is 0. The number of carbonyl (C=O) groups is 1. The molecule has 1 N–H and O–H groups in total. The summed E-state index contributed by atoms with van der Waals surface area (Å²) in [5.41, 5.74) is 2.77. The number of carbonyl (C=O) groups excluding carboxylic acids is 1. The van der Waals surface area contributed by atoms with Crippen molar-refractivity contribution in [2.75, 3.05) is 0 Å². The Bertz CT molecular complexity index is 593. The molecule has 126 valence electrons. The average molecular weight is 381 g/mol. The van der Waals surface area contributed by atoms with Crippen LogP contribution in [0.5, 0.6) is 0 Å². The maximum absolute atomic E-state index is 12.1. The predicted molar refractivity (Wildman–Crippen MR) is 95.5 cm³/mol. The Labute approximate surface area is 146 Å². The van der Waals surface area contributed by atoms with E-state index in [4.69, 9.17) is 9.72 Å². The van der Waals surface area contributed by atoms with E-state index in [0.717, 1.165) is 28.7 Å². The van der Waals surface area contributed by atoms with Crippen LogP contribution in [0.1, 0.15) is 63.0 Å². The van der Waals surface area contributed by atoms with Gasteiger partial charge in [-0.25, -0.2) is 4.79 Å². The first kappa shape index (κ1) is 18.0. The summed E-state index contributed by atoms with van der Waals surface area (Å²) in [4.78, 5) is 16.9. The lowest BCUT2D eigenvalue weighted by Gasteiger charge is -2.24. The number of nitrogens with zero attached hydrogens (tertiary/aromatic N) is 1. The van der Waals surface area contributed by atoms with E-state index in [1.165, 1.54) is 18.4 Å². The Morgan fingerprint density at radius 1 is 1.48 bits per heavy atom. The van der Waals surface area contributed by atoms with Crippen molar-refractivity contribution in [3.63, 3.8) is 0 Å². The van der Waals surface area contributed by atoms with Gasteiger partial charge in [0.25, 0.3) is 0 Å². The molecule has 0 aliphatic heterocycles. The molecule has 1 aliphatic carbocycles. The highest BCUT2D eigenvalue weighted by atomic mass is 79.9. The molecule has 1 aromatic heterocycles. The van der Waals surface area contributed by atoms with Crippen LogP contribution in [0.4, 0.5) is 4.79 Å². The van der Waals surface area contributed by atoms with Crippen molar-refractivity contribution in [2.45, 2.75) is 64.5 Å². The number of rotatable bonds is 4. The maximum Gasteiger partial charge on any atom is 0.408 e. The quantitative estimate of drug-likeness (QED) is 0.758. The third-order valence-electron chi connectivity index (χ3n) is 3.72. The van der Waals surface area contributed by atoms with Crippen LogP contribution in [-0.2, 0) is 17.6 Å². The number of ether oxygens (including phenoxy) is 1. The lowest BCUT2D eigenvalue weighted by Crippen LogP contribution is -2.35. The van der Waals surface area contributed by atoms with Crippen LogP contribution in [0, 0.1) is 0 Å². The molecule has 5 heteroatoms. The van der Waals surface area contributed by atoms with Crippen molar-refractivity contribution in [1.82, 2.24) is 10.3 Å². The summed E-state index contributed by atoms with van der Waals surface area (Å²) in [5, 5.41) is 2.91. The fraction of sp³-hybridized carbons (Fsp3) is 0.556. The summed E-state index contributed by atoms with van der Waals surface area (Å²) >= 11 is 3.66. The van der Waals surface area contributed by atoms with E-state index in [9.17, 15) is 4.79 Å². The van der Waals surface area contributed by atoms with E-state index in [1.54, 1.807) is 6.08 Å². The number of aromatic nitrogens is 1. The zero-order valence-corrected chi connectivity index (χ0v) is 15.7. The molecule has 1 amide bonds. The molecule has 0 fully saturated rings. The molecule has 1 aromatic rings. The Morgan fingerprint density at radius 3 is 2.83 bits per heavy atom. The van der Waals surface area contributed by atoms with Gasteiger partial charge in [-0.3, -0.25) is 4.98 Å². The zero-order chi connectivity index (χ0) is 17.0. The topological polar surface area (TPSA) is 51.2 Å². The second-order valence-corrected chi connectivity index (χ2v) is 7.74. The number of hydrogen-bond acceptors (Lipinski definition) is 3. The number of hydrogen-bond donors (Lipinski definition) is 1. The minimum atomic E-state index is -0.521. The van der Waals surface area contributed by atoms with Crippen LogP contribution in [0.3, 0.4) is 0 Å². The second-order valence-electron chi connectivity index (χ2n) is 6.88. The highest BCUT2D eigenvalue weighted by Crippen LogP contribution is 2.30. The van der Waals surface area contributed by atoms with Gasteiger partial charge in [0.2, 0.25) is 0 Å². The van der Waals surface area contributed by atoms with Gasteiger partial charge in [-0.15, -0.1) is 6.58 Å². The maximum atomic E-state index is 12.1. The van der Waals surface area contributed by atoms with Crippen LogP contribution < -0.4 is 5.32 Å². The van der Waals surface area contributed by atoms with Crippen molar-refractivity contribution in [1.29, 1.82) is 0 Å². The van der Waals surface area contributed by atoms with Crippen molar-refractivity contribution in [3.05, 3.63) is 40.1 Å². The number of pyridine rings is 1. The van der Waals surface area contributed by atoms with Crippen LogP contribution in [0.25, 0.3) is 0 Å². The van der Waals surface area contributed by atoms with Crippen LogP contribution in [0.15, 0.2) is 23.2 Å². The van der Waals surface area contributed by atoms with Crippen molar-refractivity contribution < 1.29 is 9.53 Å². The van der Waals surface area contributed by atoms with Gasteiger partial charge in [-0.05, 0) is 64.5 Å². The van der Waals surface area contributed by atoms with E-state index < -0.39 is 11.7 Å². The molecule has 1 atom stereocenters. The molecule has 0 spiro atoms. The first-order valence-corrected chi connectivity index (χ1v) is 8.88. The molecule has 0 saturated carbocycles. The second kappa shape index (κ2) is 7.47. The SMILES string of the molecule is C=CC[C@H](NC(=O)OC(C)(C)C)c1cc(Br)c2c(n1)CCCC2. The van der Waals surface area contributed by atoms with Crippen LogP contribution in [-0.4, -0.2) is 16.7 Å². The highest BCUT2D eigenvalue weighted by Gasteiger charge is 2.23. The first-order valence-electron chi connectivity index (χ1n) is 8.09. The summed E-state index contributed by atoms with van der Waals surface area (Å²) in [6.45, 7) is 9.34. The van der Waals surface area contributed by atoms with Gasteiger partial charge < -0.3 is 10.1 Å². The molecular formula is C18H25BrN2O2. The number of aryl methyl sites for hydroxylation is 1. The lowest BCUT2D eigenvalue weighted by molar-refractivity contribution is 0.0503. The predicted octanol–water partition coefficient (Wildman–Crippen LogP) is 4.86. The molecule has 0 bridgehead atoms. The van der Waals surface area contributed by atoms with Gasteiger partial charge in [-0.2, -0.15) is 0 Å². The van der Waals surface area contributed by atoms with Crippen molar-refractivity contribution in [3.8, 4) is 0 Å². The fourth-order valence-electron chi connectivity index (χ4n) is 2.72. The van der Waals surface area contributed by atoms with E-state index in [-0.39, 0.29) is 6.04 Å². The minimum absolute atomic E-state index is 0.231. The summed E-state index contributed by atoms with van der Waals surface area (Å²) in [6.07, 6.45) is 6.40. The monoisotopic (exact) mass is 380 g/mol. The van der Waals surface area contributed by atoms with E-state index in [1.807, 2.05) is 26.8 Å². The van der Waals surface area contributed by atoms with Gasteiger partial charge in [0.1, 0.15) is 5.60 Å². The Morgan fingerprint density at radius 2 is 2.17 bits per heavy atom. The Balaban J connectivity index is 2.22. The minimum Gasteiger partial charge on any atom is -0.444 e. The normalized spacial score (nSPS) is 15.5. The van der Waals surface area contributed by atoms with E-state index >= 15 is 0 Å². The number of halogens is 1. The zero-order valence-electron chi connectivity index (χ0n) is 14.1. The van der Waals surface area contributed by atoms with Gasteiger partial charge in [0.05, 0.1) is 11.7 Å². The molecule has 1 heterocycles. The van der Waals surface area contributed by atoms with Crippen LogP contribution in [0.2, 0.25) is 0 Å². The number of nitrogens with one attached hydrogen (secondary N) is 1. The standard InChI is InChI=1S/C18H25BrN2O2/c1-5-8-15(21-17(22)23-18(2,3)4)16-11-13(19)12-9-6-7-10-14(12)20-16/h5,11,15H,1,6-10H2,2-4H3,(H,21,22)/t15-/m0/s1. The molecule has 1 aliphatic rings. The molecule has 0 aromatic carbocycles. The third kappa shape index (κ3) is 5.06. The Kier molecular flexibility index (Phi) is 5.84. The number of alkyl carbamates (subject to hydrolysis) is 1. The molecule has 2 rings (SSSR count). The van der Waals surface area contributed by atoms with Gasteiger partial charge >= 0.3 is 6.09 Å². The number of fused-ring (bicyclic) bond motifs is 1. The summed E-state index contributed by atoms with van der Waals surface area (Å²) < 4.78 is 6.44. The van der Waals surface area contributed by atoms with E-state index in [0.29, 0.717) is 6.42 Å². The molecule has 23 heavy (non-hydrogen) atoms. The Hall–Kier alpha value is -1.36. The largest absolute Gasteiger partial charge is 0.444 e. The highest BCUT2D eigenvalue weighted by molar-refractivity contribution is 9.10. The number of amides is 1. The summed E-state index contributed by atoms with van der Waals surface area (Å²) in [6, 6.07) is 1.78. The molecule has 0 unspecified atom stereocenters. The fourth-order valence-corrected chi connectivity index (χ4v) is 3.39. The van der Waals surface area contributed by atoms with E-state index in [2.05, 4.69) is 27.8 Å². The molecule has 0 radical (unpaired) electrons. The third-order valence-corrected chi connectivity index (χ3v) is 4.42. The lowest BCUT2D eigenvalue weighted by atomic mass is 9.95. The van der Waals surface area contributed by atoms with Gasteiger partial charge in [0, 0.05) is 10.2 Å². The van der Waals surface area contributed by atoms with Crippen molar-refractivity contribution in [2.24, 2.45) is 0 Å². The summed E-state index contributed by atoms with van der Waals surface area (Å²) in [7, 11) is 0. The molecule has 0 saturated heterocycles. The van der Waals surface area contributed by atoms with Crippen LogP contribution >= 0.6 is 15.9 Å². The molecule has 4 nitrogen and oxygen atoms in total. The van der Waals surface area contributed by atoms with Gasteiger partial charge in [-0.1, -0.05) is 22.0 Å². The van der Waals surface area contributed by atoms with Gasteiger partial charge in [0.15, 0.2) is 0 Å². The first-order chi connectivity index (χ1) is 10.8. The molecular weight excluding hydrogens is 356 g/mol. The smallest absolute Gasteiger partial charge is 0.408 e.